The Labute approximate surface area is 132 Å². The second kappa shape index (κ2) is 6.19. The minimum absolute atomic E-state index is 0.158. The molecule has 0 spiro atoms. The molecular weight excluding hydrogens is 300 g/mol. The highest BCUT2D eigenvalue weighted by atomic mass is 32.1. The monoisotopic (exact) mass is 316 g/mol. The number of carbonyl (C=O) groups excluding carboxylic acids is 2. The van der Waals surface area contributed by atoms with E-state index in [9.17, 15) is 9.59 Å². The van der Waals surface area contributed by atoms with E-state index in [4.69, 9.17) is 4.74 Å². The molecule has 2 amide bonds. The Morgan fingerprint density at radius 1 is 1.41 bits per heavy atom. The van der Waals surface area contributed by atoms with E-state index in [0.29, 0.717) is 18.7 Å². The van der Waals surface area contributed by atoms with Crippen LogP contribution in [0.5, 0.6) is 0 Å². The highest BCUT2D eigenvalue weighted by Crippen LogP contribution is 2.26. The number of ether oxygens (including phenoxy) is 1. The lowest BCUT2D eigenvalue weighted by Crippen LogP contribution is -2.34. The van der Waals surface area contributed by atoms with Crippen molar-refractivity contribution in [2.24, 2.45) is 0 Å². The maximum absolute atomic E-state index is 12.1. The van der Waals surface area contributed by atoms with Crippen LogP contribution in [0.25, 0.3) is 0 Å². The molecule has 0 bridgehead atoms. The number of anilines is 1. The molecule has 6 heteroatoms. The summed E-state index contributed by atoms with van der Waals surface area (Å²) in [5.74, 6) is -0.158. The largest absolute Gasteiger partial charge is 0.442 e. The molecule has 1 aromatic heterocycles. The Morgan fingerprint density at radius 3 is 3.00 bits per heavy atom. The summed E-state index contributed by atoms with van der Waals surface area (Å²) in [5, 5.41) is 5.59. The van der Waals surface area contributed by atoms with E-state index in [-0.39, 0.29) is 18.1 Å². The van der Waals surface area contributed by atoms with Crippen molar-refractivity contribution < 1.29 is 14.3 Å². The van der Waals surface area contributed by atoms with Crippen LogP contribution in [-0.4, -0.2) is 31.2 Å². The van der Waals surface area contributed by atoms with Crippen LogP contribution in [0.3, 0.4) is 0 Å². The van der Waals surface area contributed by atoms with E-state index in [1.807, 2.05) is 42.6 Å². The molecular formula is C16H16N2O3S. The zero-order valence-electron chi connectivity index (χ0n) is 12.1. The first-order chi connectivity index (χ1) is 10.6. The number of aryl methyl sites for hydroxylation is 1. The molecule has 1 saturated heterocycles. The zero-order valence-corrected chi connectivity index (χ0v) is 12.9. The molecule has 0 aliphatic carbocycles. The quantitative estimate of drug-likeness (QED) is 0.943. The fraction of sp³-hybridized carbons (Fsp3) is 0.250. The third-order valence-electron chi connectivity index (χ3n) is 3.42. The number of benzene rings is 1. The minimum Gasteiger partial charge on any atom is -0.442 e. The number of hydrogen-bond donors (Lipinski definition) is 1. The van der Waals surface area contributed by atoms with E-state index in [1.54, 1.807) is 11.0 Å². The van der Waals surface area contributed by atoms with Crippen LogP contribution in [0.4, 0.5) is 9.80 Å². The SMILES string of the molecule is Cc1cccc(C(=O)NCC2CN(c3cccs3)C(=O)O2)c1. The molecule has 22 heavy (non-hydrogen) atoms. The Balaban J connectivity index is 1.56. The van der Waals surface area contributed by atoms with Crippen LogP contribution < -0.4 is 10.2 Å². The van der Waals surface area contributed by atoms with Crippen molar-refractivity contribution in [2.45, 2.75) is 13.0 Å². The molecule has 0 radical (unpaired) electrons. The Bertz CT molecular complexity index is 684. The summed E-state index contributed by atoms with van der Waals surface area (Å²) in [6.45, 7) is 2.70. The maximum Gasteiger partial charge on any atom is 0.415 e. The fourth-order valence-electron chi connectivity index (χ4n) is 2.33. The van der Waals surface area contributed by atoms with E-state index in [0.717, 1.165) is 10.6 Å². The van der Waals surface area contributed by atoms with Gasteiger partial charge in [-0.05, 0) is 36.6 Å². The lowest BCUT2D eigenvalue weighted by atomic mass is 10.1. The first-order valence-corrected chi connectivity index (χ1v) is 7.88. The maximum atomic E-state index is 12.1. The molecule has 0 saturated carbocycles. The third kappa shape index (κ3) is 3.12. The van der Waals surface area contributed by atoms with Gasteiger partial charge < -0.3 is 10.1 Å². The first-order valence-electron chi connectivity index (χ1n) is 7.00. The third-order valence-corrected chi connectivity index (χ3v) is 4.31. The first kappa shape index (κ1) is 14.6. The van der Waals surface area contributed by atoms with Gasteiger partial charge in [-0.15, -0.1) is 11.3 Å². The summed E-state index contributed by atoms with van der Waals surface area (Å²) < 4.78 is 5.29. The van der Waals surface area contributed by atoms with Crippen LogP contribution in [-0.2, 0) is 4.74 Å². The number of rotatable bonds is 4. The summed E-state index contributed by atoms with van der Waals surface area (Å²) in [6, 6.07) is 11.1. The average Bonchev–Trinajstić information content (AvgIpc) is 3.14. The zero-order chi connectivity index (χ0) is 15.5. The molecule has 3 rings (SSSR count). The van der Waals surface area contributed by atoms with Crippen LogP contribution in [0.2, 0.25) is 0 Å². The van der Waals surface area contributed by atoms with Crippen LogP contribution in [0.15, 0.2) is 41.8 Å². The lowest BCUT2D eigenvalue weighted by molar-refractivity contribution is 0.0916. The van der Waals surface area contributed by atoms with Gasteiger partial charge in [-0.3, -0.25) is 9.69 Å². The number of carbonyl (C=O) groups is 2. The topological polar surface area (TPSA) is 58.6 Å². The van der Waals surface area contributed by atoms with E-state index in [1.165, 1.54) is 11.3 Å². The molecule has 2 heterocycles. The van der Waals surface area contributed by atoms with Crippen molar-refractivity contribution in [3.8, 4) is 0 Å². The van der Waals surface area contributed by atoms with Gasteiger partial charge in [0, 0.05) is 5.56 Å². The molecule has 1 atom stereocenters. The molecule has 1 aliphatic rings. The molecule has 2 aromatic rings. The van der Waals surface area contributed by atoms with E-state index < -0.39 is 0 Å². The molecule has 1 aliphatic heterocycles. The average molecular weight is 316 g/mol. The second-order valence-corrected chi connectivity index (χ2v) is 6.07. The molecule has 1 fully saturated rings. The van der Waals surface area contributed by atoms with Crippen molar-refractivity contribution in [1.29, 1.82) is 0 Å². The van der Waals surface area contributed by atoms with Crippen LogP contribution in [0, 0.1) is 6.92 Å². The number of nitrogens with one attached hydrogen (secondary N) is 1. The molecule has 5 nitrogen and oxygen atoms in total. The van der Waals surface area contributed by atoms with Gasteiger partial charge in [0.15, 0.2) is 0 Å². The minimum atomic E-state index is -0.364. The summed E-state index contributed by atoms with van der Waals surface area (Å²) in [7, 11) is 0. The van der Waals surface area contributed by atoms with Gasteiger partial charge in [-0.2, -0.15) is 0 Å². The van der Waals surface area contributed by atoms with Gasteiger partial charge >= 0.3 is 6.09 Å². The summed E-state index contributed by atoms with van der Waals surface area (Å²) in [6.07, 6.45) is -0.694. The molecule has 1 N–H and O–H groups in total. The number of cyclic esters (lactones) is 1. The molecule has 114 valence electrons. The Morgan fingerprint density at radius 2 is 2.27 bits per heavy atom. The van der Waals surface area contributed by atoms with Gasteiger partial charge in [-0.25, -0.2) is 4.79 Å². The lowest BCUT2D eigenvalue weighted by Gasteiger charge is -2.11. The van der Waals surface area contributed by atoms with Crippen LogP contribution in [0.1, 0.15) is 15.9 Å². The number of amides is 2. The van der Waals surface area contributed by atoms with Gasteiger partial charge in [0.2, 0.25) is 0 Å². The normalized spacial score (nSPS) is 17.4. The predicted octanol–water partition coefficient (Wildman–Crippen LogP) is 2.81. The van der Waals surface area contributed by atoms with Crippen molar-refractivity contribution in [3.63, 3.8) is 0 Å². The van der Waals surface area contributed by atoms with Crippen molar-refractivity contribution in [2.75, 3.05) is 18.0 Å². The Kier molecular flexibility index (Phi) is 4.11. The van der Waals surface area contributed by atoms with Crippen molar-refractivity contribution >= 4 is 28.3 Å². The number of thiophene rings is 1. The summed E-state index contributed by atoms with van der Waals surface area (Å²) in [4.78, 5) is 25.5. The molecule has 1 unspecified atom stereocenters. The summed E-state index contributed by atoms with van der Waals surface area (Å²) >= 11 is 1.49. The standard InChI is InChI=1S/C16H16N2O3S/c1-11-4-2-5-12(8-11)15(19)17-9-13-10-18(16(20)21-13)14-6-3-7-22-14/h2-8,13H,9-10H2,1H3,(H,17,19). The van der Waals surface area contributed by atoms with Crippen molar-refractivity contribution in [3.05, 3.63) is 52.9 Å². The van der Waals surface area contributed by atoms with E-state index >= 15 is 0 Å². The number of nitrogens with zero attached hydrogens (tertiary/aromatic N) is 1. The van der Waals surface area contributed by atoms with Crippen LogP contribution >= 0.6 is 11.3 Å². The van der Waals surface area contributed by atoms with Gasteiger partial charge in [0.05, 0.1) is 13.1 Å². The van der Waals surface area contributed by atoms with Gasteiger partial charge in [0.1, 0.15) is 11.1 Å². The highest BCUT2D eigenvalue weighted by molar-refractivity contribution is 7.14. The Hall–Kier alpha value is -2.34. The molecule has 1 aromatic carbocycles. The van der Waals surface area contributed by atoms with Crippen molar-refractivity contribution in [1.82, 2.24) is 5.32 Å². The number of hydrogen-bond acceptors (Lipinski definition) is 4. The summed E-state index contributed by atoms with van der Waals surface area (Å²) in [5.41, 5.74) is 1.64. The fourth-order valence-corrected chi connectivity index (χ4v) is 3.06. The smallest absolute Gasteiger partial charge is 0.415 e. The second-order valence-electron chi connectivity index (χ2n) is 5.15. The van der Waals surface area contributed by atoms with Gasteiger partial charge in [0.25, 0.3) is 5.91 Å². The predicted molar refractivity (Wildman–Crippen MR) is 85.4 cm³/mol. The van der Waals surface area contributed by atoms with E-state index in [2.05, 4.69) is 5.32 Å². The van der Waals surface area contributed by atoms with Gasteiger partial charge in [-0.1, -0.05) is 17.7 Å². The highest BCUT2D eigenvalue weighted by Gasteiger charge is 2.32.